The summed E-state index contributed by atoms with van der Waals surface area (Å²) in [7, 11) is 0. The summed E-state index contributed by atoms with van der Waals surface area (Å²) in [6.07, 6.45) is 0. The molecular formula is C23H25N7OS. The van der Waals surface area contributed by atoms with Crippen molar-refractivity contribution in [1.82, 2.24) is 19.4 Å². The molecule has 5 rings (SSSR count). The Bertz CT molecular complexity index is 1230. The number of nitrogens with zero attached hydrogens (tertiary/aromatic N) is 5. The standard InChI is InChI=1S/C23H25N7OS/c24-22(25)28-23-27-19(15-32-23)16-5-7-17(8-6-16)21-26-18-3-1-2-4-20(18)30(21)10-9-29-11-13-31-14-12-29/h1-8,15H,9-14H2,(H4,24,25,27,28). The number of hydrogen-bond acceptors (Lipinski definition) is 6. The molecule has 1 saturated heterocycles. The highest BCUT2D eigenvalue weighted by atomic mass is 32.1. The van der Waals surface area contributed by atoms with Gasteiger partial charge >= 0.3 is 0 Å². The lowest BCUT2D eigenvalue weighted by Crippen LogP contribution is -2.38. The number of imidazole rings is 1. The van der Waals surface area contributed by atoms with Crippen LogP contribution >= 0.6 is 11.3 Å². The number of hydrogen-bond donors (Lipinski definition) is 2. The van der Waals surface area contributed by atoms with Gasteiger partial charge in [-0.05, 0) is 12.1 Å². The molecule has 4 N–H and O–H groups in total. The topological polar surface area (TPSA) is 108 Å². The average Bonchev–Trinajstić information content (AvgIpc) is 3.43. The molecule has 1 fully saturated rings. The lowest BCUT2D eigenvalue weighted by molar-refractivity contribution is 0.0366. The van der Waals surface area contributed by atoms with E-state index in [0.29, 0.717) is 5.13 Å². The molecule has 8 nitrogen and oxygen atoms in total. The Hall–Kier alpha value is -3.27. The van der Waals surface area contributed by atoms with E-state index in [1.165, 1.54) is 11.3 Å². The van der Waals surface area contributed by atoms with Crippen molar-refractivity contribution in [2.75, 3.05) is 32.8 Å². The highest BCUT2D eigenvalue weighted by molar-refractivity contribution is 7.13. The molecular weight excluding hydrogens is 422 g/mol. The normalized spacial score (nSPS) is 14.6. The number of guanidine groups is 1. The monoisotopic (exact) mass is 447 g/mol. The molecule has 4 aromatic rings. The van der Waals surface area contributed by atoms with Gasteiger partial charge in [0.25, 0.3) is 0 Å². The van der Waals surface area contributed by atoms with Gasteiger partial charge in [-0.15, -0.1) is 11.3 Å². The molecule has 0 aliphatic carbocycles. The second-order valence-electron chi connectivity index (χ2n) is 7.66. The van der Waals surface area contributed by atoms with E-state index in [9.17, 15) is 0 Å². The SMILES string of the molecule is NC(N)=Nc1nc(-c2ccc(-c3nc4ccccc4n3CCN3CCOCC3)cc2)cs1. The molecule has 3 heterocycles. The van der Waals surface area contributed by atoms with Crippen molar-refractivity contribution in [2.45, 2.75) is 6.54 Å². The fourth-order valence-electron chi connectivity index (χ4n) is 3.94. The van der Waals surface area contributed by atoms with Gasteiger partial charge in [-0.1, -0.05) is 36.4 Å². The van der Waals surface area contributed by atoms with E-state index in [1.54, 1.807) is 0 Å². The Morgan fingerprint density at radius 1 is 0.969 bits per heavy atom. The van der Waals surface area contributed by atoms with Gasteiger partial charge < -0.3 is 20.8 Å². The van der Waals surface area contributed by atoms with Crippen molar-refractivity contribution in [3.63, 3.8) is 0 Å². The fraction of sp³-hybridized carbons (Fsp3) is 0.261. The van der Waals surface area contributed by atoms with Crippen LogP contribution in [0.25, 0.3) is 33.7 Å². The minimum atomic E-state index is 0.0113. The quantitative estimate of drug-likeness (QED) is 0.347. The van der Waals surface area contributed by atoms with Gasteiger partial charge in [0.2, 0.25) is 5.13 Å². The third kappa shape index (κ3) is 4.36. The highest BCUT2D eigenvalue weighted by Gasteiger charge is 2.16. The van der Waals surface area contributed by atoms with Gasteiger partial charge in [-0.2, -0.15) is 4.99 Å². The summed E-state index contributed by atoms with van der Waals surface area (Å²) in [5.74, 6) is 0.989. The van der Waals surface area contributed by atoms with Crippen molar-refractivity contribution >= 4 is 33.5 Å². The Morgan fingerprint density at radius 2 is 1.72 bits per heavy atom. The number of thiazole rings is 1. The molecule has 0 unspecified atom stereocenters. The number of benzene rings is 2. The minimum Gasteiger partial charge on any atom is -0.379 e. The van der Waals surface area contributed by atoms with Crippen LogP contribution in [0.2, 0.25) is 0 Å². The largest absolute Gasteiger partial charge is 0.379 e. The van der Waals surface area contributed by atoms with E-state index in [-0.39, 0.29) is 5.96 Å². The van der Waals surface area contributed by atoms with Crippen LogP contribution in [0.5, 0.6) is 0 Å². The molecule has 1 aliphatic rings. The average molecular weight is 448 g/mol. The predicted molar refractivity (Wildman–Crippen MR) is 129 cm³/mol. The predicted octanol–water partition coefficient (Wildman–Crippen LogP) is 3.06. The summed E-state index contributed by atoms with van der Waals surface area (Å²) >= 11 is 1.41. The van der Waals surface area contributed by atoms with E-state index < -0.39 is 0 Å². The molecule has 0 atom stereocenters. The summed E-state index contributed by atoms with van der Waals surface area (Å²) in [5, 5.41) is 2.50. The number of ether oxygens (including phenoxy) is 1. The zero-order chi connectivity index (χ0) is 21.9. The molecule has 0 saturated carbocycles. The molecule has 164 valence electrons. The van der Waals surface area contributed by atoms with Crippen LogP contribution in [0.15, 0.2) is 58.9 Å². The van der Waals surface area contributed by atoms with Gasteiger partial charge in [-0.3, -0.25) is 4.90 Å². The molecule has 0 radical (unpaired) electrons. The van der Waals surface area contributed by atoms with Crippen molar-refractivity contribution in [3.05, 3.63) is 53.9 Å². The first-order chi connectivity index (χ1) is 15.7. The Labute approximate surface area is 190 Å². The summed E-state index contributed by atoms with van der Waals surface area (Å²) in [4.78, 5) is 15.9. The molecule has 0 spiro atoms. The third-order valence-corrected chi connectivity index (χ3v) is 6.29. The molecule has 9 heteroatoms. The molecule has 32 heavy (non-hydrogen) atoms. The van der Waals surface area contributed by atoms with E-state index in [2.05, 4.69) is 61.9 Å². The smallest absolute Gasteiger partial charge is 0.212 e. The Kier molecular flexibility index (Phi) is 5.85. The highest BCUT2D eigenvalue weighted by Crippen LogP contribution is 2.30. The van der Waals surface area contributed by atoms with Gasteiger partial charge in [0.15, 0.2) is 5.96 Å². The van der Waals surface area contributed by atoms with Crippen molar-refractivity contribution in [2.24, 2.45) is 16.5 Å². The van der Waals surface area contributed by atoms with Crippen LogP contribution < -0.4 is 11.5 Å². The maximum absolute atomic E-state index is 5.48. The van der Waals surface area contributed by atoms with Crippen molar-refractivity contribution in [1.29, 1.82) is 0 Å². The second kappa shape index (κ2) is 9.07. The van der Waals surface area contributed by atoms with Crippen LogP contribution in [0.4, 0.5) is 5.13 Å². The van der Waals surface area contributed by atoms with Gasteiger partial charge in [-0.25, -0.2) is 9.97 Å². The lowest BCUT2D eigenvalue weighted by atomic mass is 10.1. The first-order valence-electron chi connectivity index (χ1n) is 10.6. The van der Waals surface area contributed by atoms with Crippen LogP contribution in [0.3, 0.4) is 0 Å². The van der Waals surface area contributed by atoms with E-state index in [0.717, 1.165) is 73.1 Å². The number of aromatic nitrogens is 3. The molecule has 2 aromatic carbocycles. The second-order valence-corrected chi connectivity index (χ2v) is 8.50. The van der Waals surface area contributed by atoms with E-state index in [1.807, 2.05) is 11.4 Å². The first-order valence-corrected chi connectivity index (χ1v) is 11.5. The Morgan fingerprint density at radius 3 is 2.50 bits per heavy atom. The zero-order valence-corrected chi connectivity index (χ0v) is 18.5. The summed E-state index contributed by atoms with van der Waals surface area (Å²) in [5.41, 5.74) is 16.0. The van der Waals surface area contributed by atoms with E-state index >= 15 is 0 Å². The summed E-state index contributed by atoms with van der Waals surface area (Å²) < 4.78 is 7.80. The maximum atomic E-state index is 5.48. The number of para-hydroxylation sites is 2. The number of morpholine rings is 1. The van der Waals surface area contributed by atoms with Crippen LogP contribution in [0.1, 0.15) is 0 Å². The minimum absolute atomic E-state index is 0.0113. The maximum Gasteiger partial charge on any atom is 0.212 e. The van der Waals surface area contributed by atoms with Crippen molar-refractivity contribution < 1.29 is 4.74 Å². The zero-order valence-electron chi connectivity index (χ0n) is 17.6. The van der Waals surface area contributed by atoms with E-state index in [4.69, 9.17) is 21.2 Å². The molecule has 0 amide bonds. The van der Waals surface area contributed by atoms with Gasteiger partial charge in [0.05, 0.1) is 29.9 Å². The summed E-state index contributed by atoms with van der Waals surface area (Å²) in [6, 6.07) is 16.6. The number of aliphatic imine (C=N–C) groups is 1. The first kappa shape index (κ1) is 20.6. The third-order valence-electron chi connectivity index (χ3n) is 5.55. The number of nitrogens with two attached hydrogens (primary N) is 2. The van der Waals surface area contributed by atoms with Crippen LogP contribution in [-0.2, 0) is 11.3 Å². The van der Waals surface area contributed by atoms with Gasteiger partial charge in [0, 0.05) is 42.7 Å². The van der Waals surface area contributed by atoms with Crippen LogP contribution in [-0.4, -0.2) is 58.2 Å². The number of rotatable bonds is 6. The fourth-order valence-corrected chi connectivity index (χ4v) is 4.65. The van der Waals surface area contributed by atoms with Crippen LogP contribution in [0, 0.1) is 0 Å². The Balaban J connectivity index is 1.43. The van der Waals surface area contributed by atoms with Crippen molar-refractivity contribution in [3.8, 4) is 22.6 Å². The molecule has 1 aliphatic heterocycles. The molecule has 0 bridgehead atoms. The summed E-state index contributed by atoms with van der Waals surface area (Å²) in [6.45, 7) is 5.42. The molecule has 2 aromatic heterocycles. The number of fused-ring (bicyclic) bond motifs is 1. The van der Waals surface area contributed by atoms with Gasteiger partial charge in [0.1, 0.15) is 5.82 Å². The lowest BCUT2D eigenvalue weighted by Gasteiger charge is -2.27.